The van der Waals surface area contributed by atoms with Crippen LogP contribution in [-0.4, -0.2) is 29.0 Å². The van der Waals surface area contributed by atoms with E-state index in [9.17, 15) is 4.79 Å². The Bertz CT molecular complexity index is 691. The number of aryl methyl sites for hydroxylation is 2. The smallest absolute Gasteiger partial charge is 0.270 e. The number of rotatable bonds is 3. The Hall–Kier alpha value is -2.41. The van der Waals surface area contributed by atoms with Gasteiger partial charge in [-0.3, -0.25) is 4.79 Å². The van der Waals surface area contributed by atoms with Crippen molar-refractivity contribution >= 4 is 28.8 Å². The van der Waals surface area contributed by atoms with Crippen molar-refractivity contribution in [2.75, 3.05) is 11.9 Å². The van der Waals surface area contributed by atoms with Crippen molar-refractivity contribution in [3.63, 3.8) is 0 Å². The van der Waals surface area contributed by atoms with Crippen molar-refractivity contribution in [2.45, 2.75) is 13.8 Å². The summed E-state index contributed by atoms with van der Waals surface area (Å²) in [5, 5.41) is 12.4. The lowest BCUT2D eigenvalue weighted by atomic mass is 10.2. The summed E-state index contributed by atoms with van der Waals surface area (Å²) in [6.07, 6.45) is 0. The van der Waals surface area contributed by atoms with Crippen LogP contribution in [0.15, 0.2) is 29.4 Å². The summed E-state index contributed by atoms with van der Waals surface area (Å²) in [5.41, 5.74) is 7.56. The molecule has 7 heteroatoms. The summed E-state index contributed by atoms with van der Waals surface area (Å²) in [5.74, 6) is -0.0703. The number of oxime groups is 1. The third-order valence-corrected chi connectivity index (χ3v) is 4.12. The van der Waals surface area contributed by atoms with Gasteiger partial charge in [0.1, 0.15) is 4.88 Å². The van der Waals surface area contributed by atoms with Crippen LogP contribution in [0.2, 0.25) is 0 Å². The van der Waals surface area contributed by atoms with E-state index in [1.54, 1.807) is 36.2 Å². The van der Waals surface area contributed by atoms with E-state index in [1.165, 1.54) is 11.3 Å². The topological polar surface area (TPSA) is 91.8 Å². The highest BCUT2D eigenvalue weighted by Crippen LogP contribution is 2.22. The Balaban J connectivity index is 2.25. The number of nitrogens with zero attached hydrogens (tertiary/aromatic N) is 3. The number of amides is 1. The molecule has 0 unspecified atom stereocenters. The fraction of sp³-hybridized carbons (Fsp3) is 0.214. The van der Waals surface area contributed by atoms with E-state index in [1.807, 2.05) is 13.8 Å². The number of carbonyl (C=O) groups excluding carboxylic acids is 1. The molecule has 2 aromatic rings. The number of amidine groups is 1. The van der Waals surface area contributed by atoms with Crippen LogP contribution in [0.4, 0.5) is 5.69 Å². The van der Waals surface area contributed by atoms with E-state index in [2.05, 4.69) is 10.1 Å². The Morgan fingerprint density at radius 3 is 2.43 bits per heavy atom. The molecule has 0 spiro atoms. The molecule has 110 valence electrons. The first-order chi connectivity index (χ1) is 9.93. The summed E-state index contributed by atoms with van der Waals surface area (Å²) in [6.45, 7) is 3.70. The molecule has 0 bridgehead atoms. The lowest BCUT2D eigenvalue weighted by Gasteiger charge is -2.17. The highest BCUT2D eigenvalue weighted by Gasteiger charge is 2.19. The Morgan fingerprint density at radius 2 is 1.95 bits per heavy atom. The summed E-state index contributed by atoms with van der Waals surface area (Å²) in [6, 6.07) is 6.88. The number of nitrogens with two attached hydrogens (primary N) is 1. The van der Waals surface area contributed by atoms with E-state index < -0.39 is 0 Å². The molecule has 2 rings (SSSR count). The molecular formula is C14H16N4O2S. The molecule has 0 aliphatic rings. The molecule has 1 amide bonds. The standard InChI is InChI=1S/C14H16N4O2S/c1-8-12(21-9(2)16-8)14(19)18(3)11-6-4-10(5-7-11)13(15)17-20/h4-7,20H,1-3H3,(H2,15,17). The minimum atomic E-state index is -0.102. The first-order valence-corrected chi connectivity index (χ1v) is 7.05. The van der Waals surface area contributed by atoms with Crippen LogP contribution in [0.3, 0.4) is 0 Å². The average Bonchev–Trinajstić information content (AvgIpc) is 2.83. The predicted octanol–water partition coefficient (Wildman–Crippen LogP) is 2.13. The molecule has 0 saturated heterocycles. The van der Waals surface area contributed by atoms with Crippen LogP contribution < -0.4 is 10.6 Å². The van der Waals surface area contributed by atoms with Gasteiger partial charge in [-0.25, -0.2) is 4.98 Å². The zero-order valence-electron chi connectivity index (χ0n) is 12.0. The molecule has 0 atom stereocenters. The van der Waals surface area contributed by atoms with Crippen LogP contribution in [0, 0.1) is 13.8 Å². The van der Waals surface area contributed by atoms with Crippen molar-refractivity contribution in [1.82, 2.24) is 4.98 Å². The number of benzene rings is 1. The normalized spacial score (nSPS) is 11.5. The highest BCUT2D eigenvalue weighted by atomic mass is 32.1. The lowest BCUT2D eigenvalue weighted by Crippen LogP contribution is -2.26. The molecule has 0 aliphatic carbocycles. The van der Waals surface area contributed by atoms with Gasteiger partial charge in [-0.1, -0.05) is 5.16 Å². The zero-order valence-corrected chi connectivity index (χ0v) is 12.8. The monoisotopic (exact) mass is 304 g/mol. The third-order valence-electron chi connectivity index (χ3n) is 3.06. The zero-order chi connectivity index (χ0) is 15.6. The Kier molecular flexibility index (Phi) is 4.23. The second kappa shape index (κ2) is 5.92. The summed E-state index contributed by atoms with van der Waals surface area (Å²) < 4.78 is 0. The van der Waals surface area contributed by atoms with Crippen molar-refractivity contribution in [2.24, 2.45) is 10.9 Å². The summed E-state index contributed by atoms with van der Waals surface area (Å²) >= 11 is 1.38. The molecule has 1 heterocycles. The number of aromatic nitrogens is 1. The molecule has 1 aromatic heterocycles. The van der Waals surface area contributed by atoms with Crippen LogP contribution in [0.25, 0.3) is 0 Å². The first kappa shape index (κ1) is 15.0. The lowest BCUT2D eigenvalue weighted by molar-refractivity contribution is 0.0996. The number of carbonyl (C=O) groups is 1. The molecule has 3 N–H and O–H groups in total. The molecule has 21 heavy (non-hydrogen) atoms. The van der Waals surface area contributed by atoms with E-state index in [0.29, 0.717) is 10.4 Å². The van der Waals surface area contributed by atoms with Crippen molar-refractivity contribution in [3.8, 4) is 0 Å². The Labute approximate surface area is 126 Å². The third kappa shape index (κ3) is 3.03. The SMILES string of the molecule is Cc1nc(C)c(C(=O)N(C)c2ccc(/C(N)=N/O)cc2)s1. The molecular weight excluding hydrogens is 288 g/mol. The van der Waals surface area contributed by atoms with Gasteiger partial charge in [0.15, 0.2) is 5.84 Å². The molecule has 0 fully saturated rings. The average molecular weight is 304 g/mol. The molecule has 6 nitrogen and oxygen atoms in total. The minimum Gasteiger partial charge on any atom is -0.409 e. The maximum Gasteiger partial charge on any atom is 0.270 e. The van der Waals surface area contributed by atoms with E-state index in [0.717, 1.165) is 16.4 Å². The maximum atomic E-state index is 12.5. The van der Waals surface area contributed by atoms with Gasteiger partial charge in [-0.05, 0) is 38.1 Å². The van der Waals surface area contributed by atoms with Gasteiger partial charge in [0.25, 0.3) is 5.91 Å². The van der Waals surface area contributed by atoms with Crippen molar-refractivity contribution < 1.29 is 10.0 Å². The molecule has 0 radical (unpaired) electrons. The van der Waals surface area contributed by atoms with Crippen molar-refractivity contribution in [3.05, 3.63) is 45.4 Å². The quantitative estimate of drug-likeness (QED) is 0.393. The van der Waals surface area contributed by atoms with Crippen LogP contribution >= 0.6 is 11.3 Å². The van der Waals surface area contributed by atoms with Gasteiger partial charge in [-0.15, -0.1) is 11.3 Å². The van der Waals surface area contributed by atoms with E-state index in [-0.39, 0.29) is 11.7 Å². The fourth-order valence-corrected chi connectivity index (χ4v) is 2.81. The minimum absolute atomic E-state index is 0.0319. The van der Waals surface area contributed by atoms with Gasteiger partial charge < -0.3 is 15.8 Å². The van der Waals surface area contributed by atoms with Crippen LogP contribution in [-0.2, 0) is 0 Å². The van der Waals surface area contributed by atoms with Gasteiger partial charge in [0.05, 0.1) is 10.7 Å². The highest BCUT2D eigenvalue weighted by molar-refractivity contribution is 7.13. The van der Waals surface area contributed by atoms with Crippen LogP contribution in [0.1, 0.15) is 25.9 Å². The van der Waals surface area contributed by atoms with Crippen LogP contribution in [0.5, 0.6) is 0 Å². The first-order valence-electron chi connectivity index (χ1n) is 6.24. The van der Waals surface area contributed by atoms with Gasteiger partial charge in [-0.2, -0.15) is 0 Å². The predicted molar refractivity (Wildman–Crippen MR) is 83.3 cm³/mol. The number of thiazole rings is 1. The number of anilines is 1. The summed E-state index contributed by atoms with van der Waals surface area (Å²) in [7, 11) is 1.70. The second-order valence-corrected chi connectivity index (χ2v) is 5.75. The van der Waals surface area contributed by atoms with Gasteiger partial charge >= 0.3 is 0 Å². The van der Waals surface area contributed by atoms with Gasteiger partial charge in [0.2, 0.25) is 0 Å². The van der Waals surface area contributed by atoms with E-state index >= 15 is 0 Å². The fourth-order valence-electron chi connectivity index (χ4n) is 1.91. The largest absolute Gasteiger partial charge is 0.409 e. The Morgan fingerprint density at radius 1 is 1.33 bits per heavy atom. The number of hydrogen-bond donors (Lipinski definition) is 2. The molecule has 0 aliphatic heterocycles. The van der Waals surface area contributed by atoms with E-state index in [4.69, 9.17) is 10.9 Å². The summed E-state index contributed by atoms with van der Waals surface area (Å²) in [4.78, 5) is 18.9. The molecule has 1 aromatic carbocycles. The number of hydrogen-bond acceptors (Lipinski definition) is 5. The van der Waals surface area contributed by atoms with Gasteiger partial charge in [0, 0.05) is 18.3 Å². The molecule has 0 saturated carbocycles. The maximum absolute atomic E-state index is 12.5. The van der Waals surface area contributed by atoms with Crippen molar-refractivity contribution in [1.29, 1.82) is 0 Å². The second-order valence-electron chi connectivity index (χ2n) is 4.54.